The van der Waals surface area contributed by atoms with Crippen LogP contribution in [0, 0.1) is 0 Å². The number of hydrogen-bond donors (Lipinski definition) is 1. The summed E-state index contributed by atoms with van der Waals surface area (Å²) in [4.78, 5) is 6.94. The molecule has 1 aliphatic rings. The summed E-state index contributed by atoms with van der Waals surface area (Å²) >= 11 is 5.90. The van der Waals surface area contributed by atoms with Crippen molar-refractivity contribution in [2.45, 2.75) is 24.9 Å². The molecule has 0 saturated carbocycles. The van der Waals surface area contributed by atoms with Gasteiger partial charge in [0.05, 0.1) is 6.10 Å². The Morgan fingerprint density at radius 1 is 1.12 bits per heavy atom. The highest BCUT2D eigenvalue weighted by atomic mass is 35.5. The normalized spacial score (nSPS) is 17.8. The number of aliphatic hydroxyl groups is 1. The van der Waals surface area contributed by atoms with Gasteiger partial charge in [-0.1, -0.05) is 35.9 Å². The number of aromatic nitrogens is 1. The molecule has 1 aromatic heterocycles. The molecule has 4 nitrogen and oxygen atoms in total. The number of likely N-dealkylation sites (tertiary alicyclic amines) is 1. The summed E-state index contributed by atoms with van der Waals surface area (Å²) < 4.78 is 5.91. The fourth-order valence-corrected chi connectivity index (χ4v) is 3.59. The minimum absolute atomic E-state index is 0.358. The summed E-state index contributed by atoms with van der Waals surface area (Å²) in [5.41, 5.74) is 2.70. The van der Waals surface area contributed by atoms with E-state index in [9.17, 15) is 5.11 Å². The highest BCUT2D eigenvalue weighted by Gasteiger charge is 2.25. The minimum Gasteiger partial charge on any atom is -0.440 e. The molecular weight excluding hydrogens is 336 g/mol. The topological polar surface area (TPSA) is 49.5 Å². The van der Waals surface area contributed by atoms with Gasteiger partial charge in [0, 0.05) is 17.5 Å². The van der Waals surface area contributed by atoms with Gasteiger partial charge in [0.15, 0.2) is 11.5 Å². The molecule has 4 rings (SSSR count). The average molecular weight is 357 g/mol. The van der Waals surface area contributed by atoms with E-state index in [0.717, 1.165) is 48.5 Å². The van der Waals surface area contributed by atoms with Crippen molar-refractivity contribution in [3.63, 3.8) is 0 Å². The number of halogens is 1. The van der Waals surface area contributed by atoms with Crippen LogP contribution in [0.4, 0.5) is 0 Å². The minimum atomic E-state index is -0.488. The molecular formula is C20H21ClN2O2. The molecule has 1 N–H and O–H groups in total. The quantitative estimate of drug-likeness (QED) is 0.753. The lowest BCUT2D eigenvalue weighted by Gasteiger charge is -2.32. The lowest BCUT2D eigenvalue weighted by atomic mass is 9.96. The molecule has 0 aliphatic carbocycles. The number of β-amino-alcohol motifs (C(OH)–C–C–N with tert-alkyl or cyclic N) is 1. The zero-order valence-electron chi connectivity index (χ0n) is 13.9. The predicted molar refractivity (Wildman–Crippen MR) is 98.8 cm³/mol. The van der Waals surface area contributed by atoms with Crippen LogP contribution in [0.2, 0.25) is 5.02 Å². The Balaban J connectivity index is 1.35. The number of piperidine rings is 1. The lowest BCUT2D eigenvalue weighted by molar-refractivity contribution is 0.0951. The molecule has 25 heavy (non-hydrogen) atoms. The standard InChI is InChI=1S/C20H21ClN2O2/c21-16-7-5-14(6-8-16)18(24)13-23-11-9-15(10-12-23)20-22-17-3-1-2-4-19(17)25-20/h1-8,15,18,24H,9-13H2. The smallest absolute Gasteiger partial charge is 0.198 e. The molecule has 0 spiro atoms. The Morgan fingerprint density at radius 3 is 2.56 bits per heavy atom. The summed E-state index contributed by atoms with van der Waals surface area (Å²) in [7, 11) is 0. The summed E-state index contributed by atoms with van der Waals surface area (Å²) in [6.45, 7) is 2.52. The van der Waals surface area contributed by atoms with E-state index in [2.05, 4.69) is 9.88 Å². The van der Waals surface area contributed by atoms with Gasteiger partial charge in [-0.25, -0.2) is 4.98 Å². The third-order valence-electron chi connectivity index (χ3n) is 4.93. The second-order valence-electron chi connectivity index (χ2n) is 6.66. The maximum Gasteiger partial charge on any atom is 0.198 e. The van der Waals surface area contributed by atoms with Crippen molar-refractivity contribution >= 4 is 22.7 Å². The van der Waals surface area contributed by atoms with Gasteiger partial charge in [0.1, 0.15) is 5.52 Å². The van der Waals surface area contributed by atoms with E-state index < -0.39 is 6.10 Å². The second-order valence-corrected chi connectivity index (χ2v) is 7.10. The fourth-order valence-electron chi connectivity index (χ4n) is 3.46. The van der Waals surface area contributed by atoms with Crippen LogP contribution in [0.3, 0.4) is 0 Å². The number of hydrogen-bond acceptors (Lipinski definition) is 4. The molecule has 0 radical (unpaired) electrons. The van der Waals surface area contributed by atoms with E-state index in [1.165, 1.54) is 0 Å². The highest BCUT2D eigenvalue weighted by Crippen LogP contribution is 2.30. The first kappa shape index (κ1) is 16.6. The zero-order chi connectivity index (χ0) is 17.2. The monoisotopic (exact) mass is 356 g/mol. The first-order chi connectivity index (χ1) is 12.2. The third kappa shape index (κ3) is 3.71. The van der Waals surface area contributed by atoms with Crippen LogP contribution in [-0.2, 0) is 0 Å². The summed E-state index contributed by atoms with van der Waals surface area (Å²) in [5.74, 6) is 1.20. The van der Waals surface area contributed by atoms with Gasteiger partial charge in [-0.2, -0.15) is 0 Å². The summed E-state index contributed by atoms with van der Waals surface area (Å²) in [6, 6.07) is 15.3. The van der Waals surface area contributed by atoms with E-state index in [0.29, 0.717) is 17.5 Å². The number of fused-ring (bicyclic) bond motifs is 1. The maximum absolute atomic E-state index is 10.4. The van der Waals surface area contributed by atoms with Gasteiger partial charge in [-0.3, -0.25) is 0 Å². The molecule has 1 atom stereocenters. The first-order valence-corrected chi connectivity index (χ1v) is 9.08. The fraction of sp³-hybridized carbons (Fsp3) is 0.350. The molecule has 2 heterocycles. The van der Waals surface area contributed by atoms with Gasteiger partial charge < -0.3 is 14.4 Å². The molecule has 1 unspecified atom stereocenters. The van der Waals surface area contributed by atoms with Crippen molar-refractivity contribution in [2.24, 2.45) is 0 Å². The van der Waals surface area contributed by atoms with Crippen molar-refractivity contribution in [3.05, 3.63) is 65.0 Å². The number of benzene rings is 2. The number of aliphatic hydroxyl groups excluding tert-OH is 1. The molecule has 1 saturated heterocycles. The Bertz CT molecular complexity index is 805. The number of rotatable bonds is 4. The summed E-state index contributed by atoms with van der Waals surface area (Å²) in [5, 5.41) is 11.1. The van der Waals surface area contributed by atoms with Crippen LogP contribution in [0.5, 0.6) is 0 Å². The van der Waals surface area contributed by atoms with E-state index in [1.807, 2.05) is 48.5 Å². The Kier molecular flexibility index (Phi) is 4.75. The maximum atomic E-state index is 10.4. The van der Waals surface area contributed by atoms with Crippen molar-refractivity contribution in [3.8, 4) is 0 Å². The molecule has 5 heteroatoms. The van der Waals surface area contributed by atoms with Crippen LogP contribution in [0.25, 0.3) is 11.1 Å². The van der Waals surface area contributed by atoms with Crippen LogP contribution in [-0.4, -0.2) is 34.6 Å². The lowest BCUT2D eigenvalue weighted by Crippen LogP contribution is -2.36. The molecule has 2 aromatic carbocycles. The van der Waals surface area contributed by atoms with Crippen molar-refractivity contribution < 1.29 is 9.52 Å². The average Bonchev–Trinajstić information content (AvgIpc) is 3.07. The Morgan fingerprint density at radius 2 is 1.84 bits per heavy atom. The molecule has 0 bridgehead atoms. The van der Waals surface area contributed by atoms with Gasteiger partial charge >= 0.3 is 0 Å². The third-order valence-corrected chi connectivity index (χ3v) is 5.19. The van der Waals surface area contributed by atoms with Crippen molar-refractivity contribution in [2.75, 3.05) is 19.6 Å². The second kappa shape index (κ2) is 7.16. The van der Waals surface area contributed by atoms with Crippen LogP contribution in [0.1, 0.15) is 36.3 Å². The van der Waals surface area contributed by atoms with Crippen molar-refractivity contribution in [1.29, 1.82) is 0 Å². The van der Waals surface area contributed by atoms with Crippen molar-refractivity contribution in [1.82, 2.24) is 9.88 Å². The largest absolute Gasteiger partial charge is 0.440 e. The SMILES string of the molecule is OC(CN1CCC(c2nc3ccccc3o2)CC1)c1ccc(Cl)cc1. The van der Waals surface area contributed by atoms with E-state index in [4.69, 9.17) is 16.0 Å². The predicted octanol–water partition coefficient (Wildman–Crippen LogP) is 4.39. The molecule has 3 aromatic rings. The van der Waals surface area contributed by atoms with Gasteiger partial charge in [0.2, 0.25) is 0 Å². The van der Waals surface area contributed by atoms with E-state index in [-0.39, 0.29) is 0 Å². The molecule has 1 aliphatic heterocycles. The first-order valence-electron chi connectivity index (χ1n) is 8.70. The van der Waals surface area contributed by atoms with Gasteiger partial charge in [0.25, 0.3) is 0 Å². The number of nitrogens with zero attached hydrogens (tertiary/aromatic N) is 2. The van der Waals surface area contributed by atoms with E-state index in [1.54, 1.807) is 0 Å². The number of oxazole rings is 1. The van der Waals surface area contributed by atoms with Crippen LogP contribution < -0.4 is 0 Å². The highest BCUT2D eigenvalue weighted by molar-refractivity contribution is 6.30. The Hall–Kier alpha value is -1.88. The van der Waals surface area contributed by atoms with Crippen LogP contribution >= 0.6 is 11.6 Å². The Labute approximate surface area is 152 Å². The molecule has 1 fully saturated rings. The molecule has 130 valence electrons. The number of para-hydroxylation sites is 2. The van der Waals surface area contributed by atoms with Gasteiger partial charge in [-0.15, -0.1) is 0 Å². The molecule has 0 amide bonds. The van der Waals surface area contributed by atoms with Crippen LogP contribution in [0.15, 0.2) is 52.9 Å². The summed E-state index contributed by atoms with van der Waals surface area (Å²) in [6.07, 6.45) is 1.51. The van der Waals surface area contributed by atoms with Gasteiger partial charge in [-0.05, 0) is 55.8 Å². The zero-order valence-corrected chi connectivity index (χ0v) is 14.7. The van der Waals surface area contributed by atoms with E-state index >= 15 is 0 Å².